The van der Waals surface area contributed by atoms with Crippen molar-refractivity contribution in [3.8, 4) is 0 Å². The average molecular weight is 358 g/mol. The maximum absolute atomic E-state index is 12.1. The highest BCUT2D eigenvalue weighted by molar-refractivity contribution is 7.99. The molecular weight excluding hydrogens is 336 g/mol. The summed E-state index contributed by atoms with van der Waals surface area (Å²) in [5.41, 5.74) is 3.09. The maximum atomic E-state index is 12.1. The normalized spacial score (nSPS) is 14.4. The summed E-state index contributed by atoms with van der Waals surface area (Å²) < 4.78 is 5.33. The zero-order chi connectivity index (χ0) is 17.6. The lowest BCUT2D eigenvalue weighted by Gasteiger charge is -2.27. The summed E-state index contributed by atoms with van der Waals surface area (Å²) in [6.07, 6.45) is 0. The molecule has 1 saturated heterocycles. The number of carbonyl (C=O) groups is 1. The van der Waals surface area contributed by atoms with Crippen LogP contribution in [-0.4, -0.2) is 48.2 Å². The first-order valence-electron chi connectivity index (χ1n) is 8.27. The lowest BCUT2D eigenvalue weighted by atomic mass is 10.1. The lowest BCUT2D eigenvalue weighted by Crippen LogP contribution is -2.36. The van der Waals surface area contributed by atoms with Crippen molar-refractivity contribution < 1.29 is 9.53 Å². The Morgan fingerprint density at radius 2 is 1.88 bits per heavy atom. The molecule has 0 spiro atoms. The number of amides is 1. The Bertz CT molecular complexity index is 710. The predicted octanol–water partition coefficient (Wildman–Crippen LogP) is 2.66. The Kier molecular flexibility index (Phi) is 5.88. The maximum Gasteiger partial charge on any atom is 0.234 e. The van der Waals surface area contributed by atoms with Gasteiger partial charge in [-0.25, -0.2) is 0 Å². The molecule has 1 amide bonds. The number of hydrogen-bond donors (Lipinski definition) is 1. The first kappa shape index (κ1) is 17.7. The van der Waals surface area contributed by atoms with Crippen LogP contribution < -0.4 is 10.2 Å². The molecule has 7 heteroatoms. The Morgan fingerprint density at radius 3 is 2.52 bits per heavy atom. The van der Waals surface area contributed by atoms with Crippen LogP contribution in [-0.2, 0) is 9.53 Å². The van der Waals surface area contributed by atoms with E-state index in [0.29, 0.717) is 5.75 Å². The van der Waals surface area contributed by atoms with Crippen LogP contribution in [0.1, 0.15) is 11.1 Å². The van der Waals surface area contributed by atoms with Crippen LogP contribution in [0, 0.1) is 13.8 Å². The number of benzene rings is 1. The largest absolute Gasteiger partial charge is 0.378 e. The fourth-order valence-electron chi connectivity index (χ4n) is 2.73. The number of ether oxygens (including phenoxy) is 1. The third-order valence-corrected chi connectivity index (χ3v) is 4.74. The van der Waals surface area contributed by atoms with Gasteiger partial charge in [-0.15, -0.1) is 10.2 Å². The first-order chi connectivity index (χ1) is 12.1. The monoisotopic (exact) mass is 358 g/mol. The van der Waals surface area contributed by atoms with E-state index in [-0.39, 0.29) is 5.91 Å². The van der Waals surface area contributed by atoms with Gasteiger partial charge in [0.15, 0.2) is 5.82 Å². The van der Waals surface area contributed by atoms with Crippen molar-refractivity contribution in [2.75, 3.05) is 42.3 Å². The van der Waals surface area contributed by atoms with Gasteiger partial charge in [-0.1, -0.05) is 17.8 Å². The van der Waals surface area contributed by atoms with Gasteiger partial charge in [0.25, 0.3) is 0 Å². The third-order valence-electron chi connectivity index (χ3n) is 3.82. The summed E-state index contributed by atoms with van der Waals surface area (Å²) in [5, 5.41) is 12.1. The number of aromatic nitrogens is 2. The molecule has 132 valence electrons. The van der Waals surface area contributed by atoms with Crippen LogP contribution >= 0.6 is 11.8 Å². The van der Waals surface area contributed by atoms with Gasteiger partial charge < -0.3 is 15.0 Å². The molecule has 0 bridgehead atoms. The van der Waals surface area contributed by atoms with E-state index in [1.807, 2.05) is 38.1 Å². The predicted molar refractivity (Wildman–Crippen MR) is 100 cm³/mol. The fraction of sp³-hybridized carbons (Fsp3) is 0.389. The molecule has 2 heterocycles. The molecule has 25 heavy (non-hydrogen) atoms. The Hall–Kier alpha value is -2.12. The minimum absolute atomic E-state index is 0.0472. The summed E-state index contributed by atoms with van der Waals surface area (Å²) in [6.45, 7) is 7.14. The molecule has 2 aromatic rings. The van der Waals surface area contributed by atoms with Crippen molar-refractivity contribution in [1.29, 1.82) is 0 Å². The summed E-state index contributed by atoms with van der Waals surface area (Å²) in [5.74, 6) is 1.11. The highest BCUT2D eigenvalue weighted by Crippen LogP contribution is 2.19. The zero-order valence-corrected chi connectivity index (χ0v) is 15.3. The number of anilines is 2. The molecule has 1 aromatic heterocycles. The second-order valence-electron chi connectivity index (χ2n) is 6.04. The highest BCUT2D eigenvalue weighted by Gasteiger charge is 2.13. The Morgan fingerprint density at radius 1 is 1.16 bits per heavy atom. The van der Waals surface area contributed by atoms with Crippen LogP contribution in [0.5, 0.6) is 0 Å². The van der Waals surface area contributed by atoms with E-state index in [1.54, 1.807) is 0 Å². The third kappa shape index (κ3) is 5.17. The molecule has 0 atom stereocenters. The van der Waals surface area contributed by atoms with Crippen LogP contribution in [0.25, 0.3) is 0 Å². The summed E-state index contributed by atoms with van der Waals surface area (Å²) in [7, 11) is 0. The molecule has 1 aliphatic rings. The van der Waals surface area contributed by atoms with Gasteiger partial charge in [-0.05, 0) is 49.2 Å². The first-order valence-corrected chi connectivity index (χ1v) is 9.26. The summed E-state index contributed by atoms with van der Waals surface area (Å²) in [6, 6.07) is 9.87. The van der Waals surface area contributed by atoms with Crippen molar-refractivity contribution in [2.45, 2.75) is 18.9 Å². The van der Waals surface area contributed by atoms with E-state index < -0.39 is 0 Å². The minimum atomic E-state index is -0.0472. The number of hydrogen-bond acceptors (Lipinski definition) is 6. The van der Waals surface area contributed by atoms with E-state index in [1.165, 1.54) is 11.8 Å². The van der Waals surface area contributed by atoms with E-state index in [4.69, 9.17) is 4.74 Å². The second-order valence-corrected chi connectivity index (χ2v) is 7.04. The Labute approximate surface area is 152 Å². The Balaban J connectivity index is 1.51. The van der Waals surface area contributed by atoms with Crippen molar-refractivity contribution in [2.24, 2.45) is 0 Å². The lowest BCUT2D eigenvalue weighted by molar-refractivity contribution is -0.113. The molecule has 1 fully saturated rings. The van der Waals surface area contributed by atoms with Gasteiger partial charge in [0.1, 0.15) is 5.03 Å². The van der Waals surface area contributed by atoms with Crippen LogP contribution in [0.4, 0.5) is 11.5 Å². The SMILES string of the molecule is Cc1cc(C)cc(NC(=O)CSc2ccc(N3CCOCC3)nn2)c1. The molecule has 1 N–H and O–H groups in total. The quantitative estimate of drug-likeness (QED) is 0.829. The van der Waals surface area contributed by atoms with Crippen molar-refractivity contribution in [3.63, 3.8) is 0 Å². The molecule has 6 nitrogen and oxygen atoms in total. The van der Waals surface area contributed by atoms with E-state index in [9.17, 15) is 4.79 Å². The van der Waals surface area contributed by atoms with Crippen molar-refractivity contribution in [1.82, 2.24) is 10.2 Å². The minimum Gasteiger partial charge on any atom is -0.378 e. The standard InChI is InChI=1S/C18H22N4O2S/c1-13-9-14(2)11-15(10-13)19-17(23)12-25-18-4-3-16(20-21-18)22-5-7-24-8-6-22/h3-4,9-11H,5-8,12H2,1-2H3,(H,19,23). The number of carbonyl (C=O) groups excluding carboxylic acids is 1. The number of thioether (sulfide) groups is 1. The van der Waals surface area contributed by atoms with Crippen molar-refractivity contribution in [3.05, 3.63) is 41.5 Å². The second kappa shape index (κ2) is 8.31. The molecule has 0 saturated carbocycles. The zero-order valence-electron chi connectivity index (χ0n) is 14.5. The van der Waals surface area contributed by atoms with Gasteiger partial charge in [0, 0.05) is 18.8 Å². The highest BCUT2D eigenvalue weighted by atomic mass is 32.2. The van der Waals surface area contributed by atoms with Crippen molar-refractivity contribution >= 4 is 29.2 Å². The molecular formula is C18H22N4O2S. The molecule has 0 aliphatic carbocycles. The van der Waals surface area contributed by atoms with Gasteiger partial charge >= 0.3 is 0 Å². The van der Waals surface area contributed by atoms with E-state index in [0.717, 1.165) is 54.0 Å². The topological polar surface area (TPSA) is 67.4 Å². The van der Waals surface area contributed by atoms with E-state index >= 15 is 0 Å². The molecule has 0 radical (unpaired) electrons. The summed E-state index contributed by atoms with van der Waals surface area (Å²) >= 11 is 1.38. The van der Waals surface area contributed by atoms with Crippen LogP contribution in [0.2, 0.25) is 0 Å². The fourth-order valence-corrected chi connectivity index (χ4v) is 3.35. The molecule has 1 aromatic carbocycles. The number of nitrogens with one attached hydrogen (secondary N) is 1. The molecule has 1 aliphatic heterocycles. The number of nitrogens with zero attached hydrogens (tertiary/aromatic N) is 3. The number of aryl methyl sites for hydroxylation is 2. The number of morpholine rings is 1. The van der Waals surface area contributed by atoms with Crippen LogP contribution in [0.3, 0.4) is 0 Å². The van der Waals surface area contributed by atoms with Gasteiger partial charge in [0.05, 0.1) is 19.0 Å². The number of rotatable bonds is 5. The van der Waals surface area contributed by atoms with Gasteiger partial charge in [-0.3, -0.25) is 4.79 Å². The molecule has 3 rings (SSSR count). The summed E-state index contributed by atoms with van der Waals surface area (Å²) in [4.78, 5) is 14.3. The van der Waals surface area contributed by atoms with E-state index in [2.05, 4.69) is 26.5 Å². The average Bonchev–Trinajstić information content (AvgIpc) is 2.60. The van der Waals surface area contributed by atoms with Gasteiger partial charge in [-0.2, -0.15) is 0 Å². The van der Waals surface area contributed by atoms with Gasteiger partial charge in [0.2, 0.25) is 5.91 Å². The van der Waals surface area contributed by atoms with Crippen LogP contribution in [0.15, 0.2) is 35.4 Å². The molecule has 0 unspecified atom stereocenters. The smallest absolute Gasteiger partial charge is 0.234 e.